The Morgan fingerprint density at radius 1 is 1.30 bits per heavy atom. The minimum Gasteiger partial charge on any atom is -0.497 e. The van der Waals surface area contributed by atoms with Gasteiger partial charge in [0.2, 0.25) is 0 Å². The molecule has 2 aromatic heterocycles. The Kier molecular flexibility index (Phi) is 4.75. The summed E-state index contributed by atoms with van der Waals surface area (Å²) >= 11 is 3.43. The molecule has 0 aliphatic carbocycles. The van der Waals surface area contributed by atoms with Gasteiger partial charge in [-0.15, -0.1) is 0 Å². The molecule has 1 N–H and O–H groups in total. The summed E-state index contributed by atoms with van der Waals surface area (Å²) in [5.41, 5.74) is 1.67. The number of hydrogen-bond acceptors (Lipinski definition) is 4. The zero-order valence-corrected chi connectivity index (χ0v) is 16.3. The van der Waals surface area contributed by atoms with Gasteiger partial charge in [-0.1, -0.05) is 28.1 Å². The second-order valence-electron chi connectivity index (χ2n) is 6.37. The van der Waals surface area contributed by atoms with E-state index in [1.54, 1.807) is 18.2 Å². The molecule has 3 aromatic rings. The summed E-state index contributed by atoms with van der Waals surface area (Å²) < 4.78 is 7.96. The molecule has 1 atom stereocenters. The van der Waals surface area contributed by atoms with E-state index in [-0.39, 0.29) is 6.03 Å². The molecular formula is C19H19BrN4O3. The van der Waals surface area contributed by atoms with E-state index in [4.69, 9.17) is 4.74 Å². The second kappa shape index (κ2) is 7.21. The molecule has 4 rings (SSSR count). The minimum atomic E-state index is -0.816. The van der Waals surface area contributed by atoms with Crippen LogP contribution in [-0.2, 0) is 6.54 Å². The van der Waals surface area contributed by atoms with Crippen LogP contribution in [0.4, 0.5) is 10.6 Å². The molecule has 0 saturated carbocycles. The lowest BCUT2D eigenvalue weighted by molar-refractivity contribution is 0.0127. The summed E-state index contributed by atoms with van der Waals surface area (Å²) in [6, 6.07) is 11.0. The highest BCUT2D eigenvalue weighted by Gasteiger charge is 2.34. The van der Waals surface area contributed by atoms with Crippen molar-refractivity contribution in [2.75, 3.05) is 18.6 Å². The molecule has 1 aliphatic heterocycles. The van der Waals surface area contributed by atoms with Gasteiger partial charge < -0.3 is 9.84 Å². The van der Waals surface area contributed by atoms with E-state index in [9.17, 15) is 9.90 Å². The number of aliphatic hydroxyl groups is 1. The Balaban J connectivity index is 1.60. The highest BCUT2D eigenvalue weighted by Crippen LogP contribution is 2.26. The summed E-state index contributed by atoms with van der Waals surface area (Å²) in [4.78, 5) is 20.6. The highest BCUT2D eigenvalue weighted by atomic mass is 79.9. The van der Waals surface area contributed by atoms with Gasteiger partial charge in [0.25, 0.3) is 0 Å². The Morgan fingerprint density at radius 2 is 2.07 bits per heavy atom. The fourth-order valence-corrected chi connectivity index (χ4v) is 3.56. The Hall–Kier alpha value is -2.58. The van der Waals surface area contributed by atoms with Gasteiger partial charge in [0, 0.05) is 30.2 Å². The minimum absolute atomic E-state index is 0.241. The van der Waals surface area contributed by atoms with Crippen molar-refractivity contribution in [1.82, 2.24) is 14.3 Å². The van der Waals surface area contributed by atoms with Crippen LogP contribution in [-0.4, -0.2) is 45.3 Å². The van der Waals surface area contributed by atoms with Crippen molar-refractivity contribution >= 4 is 33.4 Å². The van der Waals surface area contributed by atoms with Gasteiger partial charge in [0.05, 0.1) is 13.3 Å². The van der Waals surface area contributed by atoms with Crippen LogP contribution in [0.1, 0.15) is 12.0 Å². The van der Waals surface area contributed by atoms with E-state index in [1.165, 1.54) is 4.90 Å². The van der Waals surface area contributed by atoms with Crippen LogP contribution >= 0.6 is 15.9 Å². The number of pyridine rings is 1. The number of hydrogen-bond donors (Lipinski definition) is 1. The van der Waals surface area contributed by atoms with Crippen LogP contribution in [0.25, 0.3) is 5.65 Å². The van der Waals surface area contributed by atoms with Crippen molar-refractivity contribution in [3.63, 3.8) is 0 Å². The van der Waals surface area contributed by atoms with Gasteiger partial charge in [-0.2, -0.15) is 0 Å². The van der Waals surface area contributed by atoms with E-state index in [0.29, 0.717) is 25.3 Å². The average Bonchev–Trinajstić information content (AvgIpc) is 3.08. The van der Waals surface area contributed by atoms with E-state index in [2.05, 4.69) is 20.9 Å². The molecule has 1 aromatic carbocycles. The molecule has 0 radical (unpaired) electrons. The first kappa shape index (κ1) is 17.8. The van der Waals surface area contributed by atoms with Crippen molar-refractivity contribution in [2.45, 2.75) is 19.2 Å². The van der Waals surface area contributed by atoms with Gasteiger partial charge in [-0.05, 0) is 29.8 Å². The molecule has 1 aliphatic rings. The smallest absolute Gasteiger partial charge is 0.328 e. The summed E-state index contributed by atoms with van der Waals surface area (Å²) in [5, 5.41) is 10.4. The monoisotopic (exact) mass is 430 g/mol. The number of halogens is 1. The highest BCUT2D eigenvalue weighted by molar-refractivity contribution is 9.10. The number of anilines is 1. The third-order valence-electron chi connectivity index (χ3n) is 4.69. The van der Waals surface area contributed by atoms with Crippen molar-refractivity contribution in [1.29, 1.82) is 0 Å². The van der Waals surface area contributed by atoms with Gasteiger partial charge in [-0.25, -0.2) is 9.78 Å². The number of aliphatic hydroxyl groups excluding tert-OH is 1. The molecule has 27 heavy (non-hydrogen) atoms. The van der Waals surface area contributed by atoms with Crippen molar-refractivity contribution in [3.8, 4) is 5.75 Å². The number of methoxy groups -OCH3 is 1. The van der Waals surface area contributed by atoms with E-state index in [1.807, 2.05) is 47.0 Å². The number of aromatic nitrogens is 2. The van der Waals surface area contributed by atoms with Gasteiger partial charge in [-0.3, -0.25) is 14.2 Å². The fourth-order valence-electron chi connectivity index (χ4n) is 3.23. The average molecular weight is 431 g/mol. The van der Waals surface area contributed by atoms with E-state index < -0.39 is 6.23 Å². The predicted molar refractivity (Wildman–Crippen MR) is 105 cm³/mol. The molecule has 1 fully saturated rings. The quantitative estimate of drug-likeness (QED) is 0.689. The second-order valence-corrected chi connectivity index (χ2v) is 7.28. The van der Waals surface area contributed by atoms with Crippen LogP contribution in [0, 0.1) is 0 Å². The Bertz CT molecular complexity index is 973. The maximum absolute atomic E-state index is 13.1. The third kappa shape index (κ3) is 3.38. The topological polar surface area (TPSA) is 70.3 Å². The Morgan fingerprint density at radius 3 is 2.81 bits per heavy atom. The van der Waals surface area contributed by atoms with Crippen LogP contribution in [0.5, 0.6) is 5.75 Å². The summed E-state index contributed by atoms with van der Waals surface area (Å²) in [6.07, 6.45) is 3.20. The molecule has 8 heteroatoms. The lowest BCUT2D eigenvalue weighted by Gasteiger charge is -2.38. The van der Waals surface area contributed by atoms with Crippen LogP contribution in [0.2, 0.25) is 0 Å². The van der Waals surface area contributed by atoms with E-state index >= 15 is 0 Å². The molecule has 0 bridgehead atoms. The maximum atomic E-state index is 13.1. The lowest BCUT2D eigenvalue weighted by Crippen LogP contribution is -2.54. The number of amides is 2. The van der Waals surface area contributed by atoms with Crippen molar-refractivity contribution < 1.29 is 14.6 Å². The summed E-state index contributed by atoms with van der Waals surface area (Å²) in [7, 11) is 1.61. The van der Waals surface area contributed by atoms with Gasteiger partial charge in [0.1, 0.15) is 23.4 Å². The molecule has 7 nitrogen and oxygen atoms in total. The van der Waals surface area contributed by atoms with Crippen molar-refractivity contribution in [2.24, 2.45) is 0 Å². The number of fused-ring (bicyclic) bond motifs is 1. The molecule has 1 unspecified atom stereocenters. The number of imidazole rings is 1. The van der Waals surface area contributed by atoms with Gasteiger partial charge in [0.15, 0.2) is 0 Å². The number of carbonyl (C=O) groups is 1. The van der Waals surface area contributed by atoms with Gasteiger partial charge >= 0.3 is 6.03 Å². The van der Waals surface area contributed by atoms with Crippen LogP contribution < -0.4 is 9.64 Å². The number of ether oxygens (including phenoxy) is 1. The number of benzene rings is 1. The normalized spacial score (nSPS) is 17.6. The maximum Gasteiger partial charge on any atom is 0.328 e. The number of nitrogens with zero attached hydrogens (tertiary/aromatic N) is 4. The zero-order valence-electron chi connectivity index (χ0n) is 14.7. The first-order valence-corrected chi connectivity index (χ1v) is 9.38. The first-order chi connectivity index (χ1) is 13.1. The van der Waals surface area contributed by atoms with Crippen LogP contribution in [0.3, 0.4) is 0 Å². The Labute approximate surface area is 164 Å². The van der Waals surface area contributed by atoms with Crippen molar-refractivity contribution in [3.05, 3.63) is 58.8 Å². The largest absolute Gasteiger partial charge is 0.497 e. The number of carbonyl (C=O) groups excluding carboxylic acids is 1. The lowest BCUT2D eigenvalue weighted by atomic mass is 10.1. The predicted octanol–water partition coefficient (Wildman–Crippen LogP) is 3.26. The fraction of sp³-hybridized carbons (Fsp3) is 0.263. The van der Waals surface area contributed by atoms with Crippen LogP contribution in [0.15, 0.2) is 53.3 Å². The molecule has 0 spiro atoms. The molecule has 140 valence electrons. The zero-order chi connectivity index (χ0) is 19.0. The molecule has 2 amide bonds. The SMILES string of the molecule is COc1ccc(CN2C(=O)N(c3cnc4cc(Br)ccn34)CCC2O)cc1. The molecular weight excluding hydrogens is 412 g/mol. The standard InChI is InChI=1S/C19H19BrN4O3/c1-27-15-4-2-13(3-5-15)12-24-18(25)7-9-23(19(24)26)17-11-21-16-10-14(20)6-8-22(16)17/h2-6,8,10-11,18,25H,7,9,12H2,1H3. The summed E-state index contributed by atoms with van der Waals surface area (Å²) in [5.74, 6) is 1.44. The third-order valence-corrected chi connectivity index (χ3v) is 5.18. The number of rotatable bonds is 4. The summed E-state index contributed by atoms with van der Waals surface area (Å²) in [6.45, 7) is 0.756. The number of urea groups is 1. The molecule has 3 heterocycles. The first-order valence-electron chi connectivity index (χ1n) is 8.58. The van der Waals surface area contributed by atoms with E-state index in [0.717, 1.165) is 21.4 Å². The molecule has 1 saturated heterocycles.